The van der Waals surface area contributed by atoms with E-state index in [0.717, 1.165) is 0 Å². The van der Waals surface area contributed by atoms with Crippen LogP contribution in [-0.4, -0.2) is 96.4 Å². The van der Waals surface area contributed by atoms with Crippen molar-refractivity contribution in [2.75, 3.05) is 39.6 Å². The number of aliphatic hydroxyl groups is 2. The maximum Gasteiger partial charge on any atom is 0.472 e. The van der Waals surface area contributed by atoms with Gasteiger partial charge in [0.2, 0.25) is 0 Å². The molecule has 0 unspecified atom stereocenters. The van der Waals surface area contributed by atoms with Gasteiger partial charge in [0.25, 0.3) is 0 Å². The molecule has 0 aromatic rings. The van der Waals surface area contributed by atoms with Crippen LogP contribution < -0.4 is 0 Å². The first-order chi connectivity index (χ1) is 10.1. The largest absolute Gasteiger partial charge is 0.472 e. The van der Waals surface area contributed by atoms with Crippen LogP contribution in [-0.2, 0) is 9.47 Å². The molecule has 8 N–H and O–H groups in total. The molecular formula is C6H20N3NdO13+3. The molecule has 16 nitrogen and oxygen atoms in total. The molecule has 0 spiro atoms. The van der Waals surface area contributed by atoms with E-state index in [9.17, 15) is 0 Å². The standard InChI is InChI=1S/C6H14O4.3H2NO3.Nd/c7-1-3-9-5-6-10-4-2-8;3*2-1(3)4;/h7-8H,1-6H2;3*(H2,2,3,4);/q;3*+1;. The Morgan fingerprint density at radius 1 is 0.565 bits per heavy atom. The average molecular weight is 486 g/mol. The topological polar surface area (TPSA) is 241 Å². The van der Waals surface area contributed by atoms with Gasteiger partial charge in [-0.2, -0.15) is 0 Å². The van der Waals surface area contributed by atoms with Gasteiger partial charge < -0.3 is 19.7 Å². The van der Waals surface area contributed by atoms with Crippen molar-refractivity contribution in [2.45, 2.75) is 0 Å². The zero-order chi connectivity index (χ0) is 18.4. The second kappa shape index (κ2) is 32.7. The SMILES string of the molecule is O=[N+](O)O.O=[N+](O)O.O=[N+](O)O.OCCOCCOCCO.[Nd]. The number of hydrogen-bond donors (Lipinski definition) is 8. The summed E-state index contributed by atoms with van der Waals surface area (Å²) in [6, 6.07) is 0. The summed E-state index contributed by atoms with van der Waals surface area (Å²) in [6.45, 7) is 1.73. The number of nitrogens with zero attached hydrogens (tertiary/aromatic N) is 3. The molecule has 0 saturated carbocycles. The fraction of sp³-hybridized carbons (Fsp3) is 1.00. The number of ether oxygens (including phenoxy) is 2. The summed E-state index contributed by atoms with van der Waals surface area (Å²) >= 11 is 0. The number of aliphatic hydroxyl groups excluding tert-OH is 2. The van der Waals surface area contributed by atoms with E-state index in [4.69, 9.17) is 65.7 Å². The summed E-state index contributed by atoms with van der Waals surface area (Å²) in [5, 5.41) is 54.1. The molecule has 138 valence electrons. The van der Waals surface area contributed by atoms with Gasteiger partial charge in [-0.1, -0.05) is 0 Å². The minimum absolute atomic E-state index is 0. The van der Waals surface area contributed by atoms with Crippen LogP contribution in [0.1, 0.15) is 0 Å². The maximum atomic E-state index is 8.47. The molecule has 0 amide bonds. The van der Waals surface area contributed by atoms with Crippen molar-refractivity contribution in [2.24, 2.45) is 0 Å². The van der Waals surface area contributed by atoms with Gasteiger partial charge in [0, 0.05) is 40.8 Å². The van der Waals surface area contributed by atoms with E-state index >= 15 is 0 Å². The normalized spacial score (nSPS) is 7.57. The Bertz CT molecular complexity index is 220. The summed E-state index contributed by atoms with van der Waals surface area (Å²) < 4.78 is 9.75. The Balaban J connectivity index is -0.0000000700. The molecule has 0 atom stereocenters. The van der Waals surface area contributed by atoms with Gasteiger partial charge in [-0.15, -0.1) is 0 Å². The van der Waals surface area contributed by atoms with Crippen molar-refractivity contribution in [3.63, 3.8) is 0 Å². The van der Waals surface area contributed by atoms with Crippen molar-refractivity contribution in [1.29, 1.82) is 0 Å². The maximum absolute atomic E-state index is 8.47. The Labute approximate surface area is 161 Å². The van der Waals surface area contributed by atoms with Crippen molar-refractivity contribution >= 4 is 0 Å². The molecule has 0 aliphatic heterocycles. The van der Waals surface area contributed by atoms with Crippen molar-refractivity contribution < 1.29 is 107 Å². The van der Waals surface area contributed by atoms with Crippen LogP contribution in [0.15, 0.2) is 0 Å². The predicted molar refractivity (Wildman–Crippen MR) is 57.4 cm³/mol. The van der Waals surface area contributed by atoms with Gasteiger partial charge in [0.05, 0.1) is 39.6 Å². The third-order valence-corrected chi connectivity index (χ3v) is 0.843. The Hall–Kier alpha value is -1.21. The summed E-state index contributed by atoms with van der Waals surface area (Å²) in [6.07, 6.45) is 0. The molecule has 17 heteroatoms. The van der Waals surface area contributed by atoms with Crippen LogP contribution in [0.5, 0.6) is 0 Å². The van der Waals surface area contributed by atoms with Crippen molar-refractivity contribution in [3.05, 3.63) is 14.7 Å². The van der Waals surface area contributed by atoms with E-state index in [1.54, 1.807) is 0 Å². The number of rotatable bonds is 7. The van der Waals surface area contributed by atoms with Gasteiger partial charge in [0.1, 0.15) is 14.7 Å². The first kappa shape index (κ1) is 33.4. The van der Waals surface area contributed by atoms with Crippen LogP contribution in [0.2, 0.25) is 0 Å². The number of hydrogen-bond acceptors (Lipinski definition) is 7. The first-order valence-electron chi connectivity index (χ1n) is 5.03. The first-order valence-corrected chi connectivity index (χ1v) is 5.03. The molecule has 0 heterocycles. The smallest absolute Gasteiger partial charge is 0.394 e. The van der Waals surface area contributed by atoms with Crippen LogP contribution >= 0.6 is 0 Å². The molecule has 23 heavy (non-hydrogen) atoms. The Kier molecular flexibility index (Phi) is 47.4. The van der Waals surface area contributed by atoms with Crippen LogP contribution in [0.4, 0.5) is 0 Å². The predicted octanol–water partition coefficient (Wildman–Crippen LogP) is -2.36. The summed E-state index contributed by atoms with van der Waals surface area (Å²) in [4.78, 5) is 25.4. The monoisotopic (exact) mass is 484 g/mol. The van der Waals surface area contributed by atoms with E-state index in [-0.39, 0.29) is 54.1 Å². The molecule has 0 fully saturated rings. The molecule has 0 aromatic heterocycles. The Morgan fingerprint density at radius 3 is 0.870 bits per heavy atom. The van der Waals surface area contributed by atoms with Gasteiger partial charge in [-0.3, -0.25) is 0 Å². The summed E-state index contributed by atoms with van der Waals surface area (Å²) in [7, 11) is 0. The van der Waals surface area contributed by atoms with Gasteiger partial charge in [0.15, 0.2) is 0 Å². The van der Waals surface area contributed by atoms with Crippen LogP contribution in [0.3, 0.4) is 0 Å². The van der Waals surface area contributed by atoms with Crippen molar-refractivity contribution in [1.82, 2.24) is 0 Å². The minimum Gasteiger partial charge on any atom is -0.394 e. The van der Waals surface area contributed by atoms with Gasteiger partial charge in [-0.25, -0.2) is 31.2 Å². The molecule has 0 aromatic carbocycles. The molecule has 0 aliphatic carbocycles. The zero-order valence-corrected chi connectivity index (χ0v) is 14.9. The van der Waals surface area contributed by atoms with Crippen molar-refractivity contribution in [3.8, 4) is 0 Å². The second-order valence-corrected chi connectivity index (χ2v) is 2.43. The fourth-order valence-corrected chi connectivity index (χ4v) is 0.451. The molecule has 0 radical (unpaired) electrons. The average Bonchev–Trinajstić information content (AvgIpc) is 2.31. The molecule has 0 bridgehead atoms. The van der Waals surface area contributed by atoms with Crippen LogP contribution in [0.25, 0.3) is 0 Å². The third-order valence-electron chi connectivity index (χ3n) is 0.843. The van der Waals surface area contributed by atoms with Gasteiger partial charge >= 0.3 is 15.3 Å². The van der Waals surface area contributed by atoms with Gasteiger partial charge in [-0.05, 0) is 0 Å². The van der Waals surface area contributed by atoms with E-state index < -0.39 is 15.3 Å². The minimum atomic E-state index is -1.25. The van der Waals surface area contributed by atoms with Crippen LogP contribution in [0, 0.1) is 55.6 Å². The fourth-order valence-electron chi connectivity index (χ4n) is 0.451. The summed E-state index contributed by atoms with van der Waals surface area (Å²) in [5.41, 5.74) is 0. The third kappa shape index (κ3) is 219. The molecule has 0 aliphatic rings. The zero-order valence-electron chi connectivity index (χ0n) is 11.7. The molecular weight excluding hydrogens is 466 g/mol. The molecule has 0 saturated heterocycles. The molecule has 0 rings (SSSR count). The second-order valence-electron chi connectivity index (χ2n) is 2.43. The van der Waals surface area contributed by atoms with E-state index in [1.165, 1.54) is 0 Å². The Morgan fingerprint density at radius 2 is 0.739 bits per heavy atom. The summed E-state index contributed by atoms with van der Waals surface area (Å²) in [5.74, 6) is 0. The van der Waals surface area contributed by atoms with E-state index in [2.05, 4.69) is 0 Å². The van der Waals surface area contributed by atoms with E-state index in [1.807, 2.05) is 0 Å². The quantitative estimate of drug-likeness (QED) is 0.139. The van der Waals surface area contributed by atoms with E-state index in [0.29, 0.717) is 26.4 Å².